The number of fused-ring (bicyclic) bond motifs is 1. The number of hydrogen-bond acceptors (Lipinski definition) is 3. The van der Waals surface area contributed by atoms with Crippen LogP contribution in [0.4, 0.5) is 0 Å². The van der Waals surface area contributed by atoms with Crippen molar-refractivity contribution in [3.8, 4) is 0 Å². The van der Waals surface area contributed by atoms with Crippen LogP contribution in [0.25, 0.3) is 10.1 Å². The summed E-state index contributed by atoms with van der Waals surface area (Å²) in [6.07, 6.45) is 0. The normalized spacial score (nSPS) is 11.1. The predicted octanol–water partition coefficient (Wildman–Crippen LogP) is 3.89. The Kier molecular flexibility index (Phi) is 4.74. The van der Waals surface area contributed by atoms with Gasteiger partial charge in [0.2, 0.25) is 0 Å². The van der Waals surface area contributed by atoms with Crippen molar-refractivity contribution in [1.82, 2.24) is 10.2 Å². The van der Waals surface area contributed by atoms with E-state index in [0.29, 0.717) is 6.54 Å². The Labute approximate surface area is 140 Å². The summed E-state index contributed by atoms with van der Waals surface area (Å²) in [6.45, 7) is 1.42. The van der Waals surface area contributed by atoms with Gasteiger partial charge in [-0.2, -0.15) is 0 Å². The molecule has 3 nitrogen and oxygen atoms in total. The summed E-state index contributed by atoms with van der Waals surface area (Å²) in [4.78, 5) is 15.3. The maximum Gasteiger partial charge on any atom is 0.261 e. The predicted molar refractivity (Wildman–Crippen MR) is 96.8 cm³/mol. The van der Waals surface area contributed by atoms with Gasteiger partial charge in [0.1, 0.15) is 0 Å². The van der Waals surface area contributed by atoms with Crippen LogP contribution < -0.4 is 5.32 Å². The van der Waals surface area contributed by atoms with Gasteiger partial charge in [0.05, 0.1) is 4.88 Å². The number of rotatable bonds is 5. The van der Waals surface area contributed by atoms with E-state index in [1.807, 2.05) is 56.6 Å². The number of amides is 1. The molecular formula is C19H20N2OS. The van der Waals surface area contributed by atoms with Crippen molar-refractivity contribution in [3.63, 3.8) is 0 Å². The van der Waals surface area contributed by atoms with Crippen LogP contribution in [-0.2, 0) is 13.1 Å². The van der Waals surface area contributed by atoms with E-state index in [1.165, 1.54) is 16.9 Å². The van der Waals surface area contributed by atoms with E-state index in [-0.39, 0.29) is 5.91 Å². The van der Waals surface area contributed by atoms with Crippen LogP contribution in [0.5, 0.6) is 0 Å². The summed E-state index contributed by atoms with van der Waals surface area (Å²) in [6, 6.07) is 18.3. The summed E-state index contributed by atoms with van der Waals surface area (Å²) in [5.41, 5.74) is 2.41. The molecule has 23 heavy (non-hydrogen) atoms. The Morgan fingerprint density at radius 1 is 1.04 bits per heavy atom. The molecule has 1 N–H and O–H groups in total. The Morgan fingerprint density at radius 2 is 1.74 bits per heavy atom. The topological polar surface area (TPSA) is 32.3 Å². The van der Waals surface area contributed by atoms with Crippen LogP contribution >= 0.6 is 11.3 Å². The maximum atomic E-state index is 12.4. The SMILES string of the molecule is CN(C)Cc1ccccc1CNC(=O)c1cc2ccccc2s1. The van der Waals surface area contributed by atoms with Gasteiger partial charge in [-0.25, -0.2) is 0 Å². The lowest BCUT2D eigenvalue weighted by atomic mass is 10.1. The molecule has 0 radical (unpaired) electrons. The fraction of sp³-hybridized carbons (Fsp3) is 0.211. The molecule has 118 valence electrons. The van der Waals surface area contributed by atoms with Crippen LogP contribution in [0, 0.1) is 0 Å². The van der Waals surface area contributed by atoms with E-state index >= 15 is 0 Å². The van der Waals surface area contributed by atoms with Gasteiger partial charge < -0.3 is 10.2 Å². The van der Waals surface area contributed by atoms with Gasteiger partial charge in [-0.15, -0.1) is 11.3 Å². The smallest absolute Gasteiger partial charge is 0.261 e. The fourth-order valence-corrected chi connectivity index (χ4v) is 3.56. The number of carbonyl (C=O) groups is 1. The van der Waals surface area contributed by atoms with Crippen molar-refractivity contribution in [2.24, 2.45) is 0 Å². The summed E-state index contributed by atoms with van der Waals surface area (Å²) in [5, 5.41) is 4.16. The first-order chi connectivity index (χ1) is 11.1. The van der Waals surface area contributed by atoms with Crippen molar-refractivity contribution >= 4 is 27.3 Å². The molecule has 1 aromatic heterocycles. The van der Waals surface area contributed by atoms with Gasteiger partial charge in [-0.3, -0.25) is 4.79 Å². The summed E-state index contributed by atoms with van der Waals surface area (Å²) < 4.78 is 1.14. The number of benzene rings is 2. The molecule has 2 aromatic carbocycles. The van der Waals surface area contributed by atoms with Crippen LogP contribution in [0.1, 0.15) is 20.8 Å². The molecule has 0 aliphatic heterocycles. The molecule has 1 heterocycles. The lowest BCUT2D eigenvalue weighted by Gasteiger charge is -2.14. The van der Waals surface area contributed by atoms with E-state index in [9.17, 15) is 4.79 Å². The highest BCUT2D eigenvalue weighted by Crippen LogP contribution is 2.25. The first kappa shape index (κ1) is 15.7. The highest BCUT2D eigenvalue weighted by Gasteiger charge is 2.11. The maximum absolute atomic E-state index is 12.4. The van der Waals surface area contributed by atoms with Crippen molar-refractivity contribution < 1.29 is 4.79 Å². The molecule has 0 aliphatic rings. The zero-order chi connectivity index (χ0) is 16.2. The van der Waals surface area contributed by atoms with Crippen LogP contribution in [0.2, 0.25) is 0 Å². The second-order valence-corrected chi connectivity index (χ2v) is 6.92. The van der Waals surface area contributed by atoms with Gasteiger partial charge in [0.15, 0.2) is 0 Å². The average molecular weight is 324 g/mol. The number of nitrogens with one attached hydrogen (secondary N) is 1. The molecule has 0 aliphatic carbocycles. The standard InChI is InChI=1S/C19H20N2OS/c1-21(2)13-16-9-4-3-8-15(16)12-20-19(22)18-11-14-7-5-6-10-17(14)23-18/h3-11H,12-13H2,1-2H3,(H,20,22). The zero-order valence-corrected chi connectivity index (χ0v) is 14.2. The number of hydrogen-bond donors (Lipinski definition) is 1. The van der Waals surface area contributed by atoms with E-state index in [4.69, 9.17) is 0 Å². The Morgan fingerprint density at radius 3 is 2.48 bits per heavy atom. The first-order valence-electron chi connectivity index (χ1n) is 7.62. The second kappa shape index (κ2) is 6.94. The van der Waals surface area contributed by atoms with Crippen molar-refractivity contribution in [2.45, 2.75) is 13.1 Å². The molecule has 3 rings (SSSR count). The van der Waals surface area contributed by atoms with E-state index < -0.39 is 0 Å². The minimum atomic E-state index is -0.00847. The van der Waals surface area contributed by atoms with Crippen molar-refractivity contribution in [3.05, 3.63) is 70.6 Å². The van der Waals surface area contributed by atoms with Crippen LogP contribution in [-0.4, -0.2) is 24.9 Å². The Bertz CT molecular complexity index is 790. The number of nitrogens with zero attached hydrogens (tertiary/aromatic N) is 1. The third kappa shape index (κ3) is 3.78. The molecule has 0 spiro atoms. The molecule has 0 fully saturated rings. The second-order valence-electron chi connectivity index (χ2n) is 5.84. The lowest BCUT2D eigenvalue weighted by Crippen LogP contribution is -2.23. The highest BCUT2D eigenvalue weighted by molar-refractivity contribution is 7.20. The van der Waals surface area contributed by atoms with Gasteiger partial charge in [-0.1, -0.05) is 42.5 Å². The van der Waals surface area contributed by atoms with E-state index in [0.717, 1.165) is 27.1 Å². The third-order valence-electron chi connectivity index (χ3n) is 3.69. The Hall–Kier alpha value is -2.17. The van der Waals surface area contributed by atoms with Gasteiger partial charge in [0.25, 0.3) is 5.91 Å². The van der Waals surface area contributed by atoms with Crippen molar-refractivity contribution in [2.75, 3.05) is 14.1 Å². The van der Waals surface area contributed by atoms with Gasteiger partial charge in [-0.05, 0) is 42.7 Å². The van der Waals surface area contributed by atoms with E-state index in [2.05, 4.69) is 22.3 Å². The molecular weight excluding hydrogens is 304 g/mol. The molecule has 0 atom stereocenters. The summed E-state index contributed by atoms with van der Waals surface area (Å²) >= 11 is 1.54. The molecule has 3 aromatic rings. The molecule has 1 amide bonds. The summed E-state index contributed by atoms with van der Waals surface area (Å²) in [5.74, 6) is -0.00847. The Balaban J connectivity index is 1.71. The van der Waals surface area contributed by atoms with Gasteiger partial charge in [0, 0.05) is 17.8 Å². The average Bonchev–Trinajstić information content (AvgIpc) is 2.97. The fourth-order valence-electron chi connectivity index (χ4n) is 2.58. The van der Waals surface area contributed by atoms with Crippen LogP contribution in [0.15, 0.2) is 54.6 Å². The third-order valence-corrected chi connectivity index (χ3v) is 4.81. The molecule has 0 saturated heterocycles. The largest absolute Gasteiger partial charge is 0.347 e. The molecule has 0 saturated carbocycles. The van der Waals surface area contributed by atoms with E-state index in [1.54, 1.807) is 0 Å². The molecule has 4 heteroatoms. The van der Waals surface area contributed by atoms with Gasteiger partial charge >= 0.3 is 0 Å². The first-order valence-corrected chi connectivity index (χ1v) is 8.43. The number of carbonyl (C=O) groups excluding carboxylic acids is 1. The van der Waals surface area contributed by atoms with Crippen LogP contribution in [0.3, 0.4) is 0 Å². The minimum absolute atomic E-state index is 0.00847. The molecule has 0 bridgehead atoms. The monoisotopic (exact) mass is 324 g/mol. The lowest BCUT2D eigenvalue weighted by molar-refractivity contribution is 0.0955. The molecule has 0 unspecified atom stereocenters. The zero-order valence-electron chi connectivity index (χ0n) is 13.4. The van der Waals surface area contributed by atoms with Crippen molar-refractivity contribution in [1.29, 1.82) is 0 Å². The quantitative estimate of drug-likeness (QED) is 0.772. The highest BCUT2D eigenvalue weighted by atomic mass is 32.1. The summed E-state index contributed by atoms with van der Waals surface area (Å²) in [7, 11) is 4.10. The minimum Gasteiger partial charge on any atom is -0.347 e. The number of thiophene rings is 1.